The van der Waals surface area contributed by atoms with Crippen molar-refractivity contribution in [2.24, 2.45) is 0 Å². The average Bonchev–Trinajstić information content (AvgIpc) is 2.48. The highest BCUT2D eigenvalue weighted by atomic mass is 79.9. The van der Waals surface area contributed by atoms with Gasteiger partial charge in [0, 0.05) is 27.5 Å². The van der Waals surface area contributed by atoms with Crippen molar-refractivity contribution in [2.45, 2.75) is 13.8 Å². The molecule has 0 heterocycles. The molecule has 2 aromatic rings. The Hall–Kier alpha value is -2.41. The minimum Gasteiger partial charge on any atom is -0.375 e. The van der Waals surface area contributed by atoms with Crippen LogP contribution in [0.3, 0.4) is 0 Å². The summed E-state index contributed by atoms with van der Waals surface area (Å²) in [6.45, 7) is 3.69. The number of nitrogens with one attached hydrogen (secondary N) is 2. The zero-order valence-corrected chi connectivity index (χ0v) is 14.3. The fourth-order valence-corrected chi connectivity index (χ4v) is 2.66. The molecule has 0 saturated heterocycles. The van der Waals surface area contributed by atoms with Crippen LogP contribution in [0.25, 0.3) is 0 Å². The molecule has 6 nitrogen and oxygen atoms in total. The van der Waals surface area contributed by atoms with Gasteiger partial charge in [-0.2, -0.15) is 0 Å². The van der Waals surface area contributed by atoms with E-state index in [9.17, 15) is 14.9 Å². The second-order valence-corrected chi connectivity index (χ2v) is 6.00. The third-order valence-corrected chi connectivity index (χ3v) is 3.91. The van der Waals surface area contributed by atoms with Crippen molar-refractivity contribution in [2.75, 3.05) is 17.2 Å². The lowest BCUT2D eigenvalue weighted by atomic mass is 10.2. The summed E-state index contributed by atoms with van der Waals surface area (Å²) >= 11 is 3.43. The molecule has 0 radical (unpaired) electrons. The Kier molecular flexibility index (Phi) is 5.33. The number of nitro benzene ring substituents is 1. The van der Waals surface area contributed by atoms with Crippen LogP contribution in [0.4, 0.5) is 17.1 Å². The van der Waals surface area contributed by atoms with Crippen LogP contribution in [-0.2, 0) is 4.79 Å². The largest absolute Gasteiger partial charge is 0.375 e. The zero-order chi connectivity index (χ0) is 17.0. The molecule has 23 heavy (non-hydrogen) atoms. The highest BCUT2D eigenvalue weighted by Crippen LogP contribution is 2.24. The number of nitro groups is 1. The standard InChI is InChI=1S/C16H16BrN3O3/c1-10-3-6-14(13(17)7-10)18-9-16(21)19-12-5-4-11(2)15(8-12)20(22)23/h3-8,18H,9H2,1-2H3,(H,19,21). The van der Waals surface area contributed by atoms with E-state index in [1.165, 1.54) is 6.07 Å². The van der Waals surface area contributed by atoms with Gasteiger partial charge in [0.25, 0.3) is 5.69 Å². The maximum atomic E-state index is 12.0. The van der Waals surface area contributed by atoms with E-state index in [0.29, 0.717) is 11.3 Å². The lowest BCUT2D eigenvalue weighted by Crippen LogP contribution is -2.22. The van der Waals surface area contributed by atoms with Gasteiger partial charge in [0.1, 0.15) is 0 Å². The number of carbonyl (C=O) groups is 1. The molecule has 1 amide bonds. The summed E-state index contributed by atoms with van der Waals surface area (Å²) in [7, 11) is 0. The van der Waals surface area contributed by atoms with Gasteiger partial charge in [-0.15, -0.1) is 0 Å². The van der Waals surface area contributed by atoms with Gasteiger partial charge >= 0.3 is 0 Å². The van der Waals surface area contributed by atoms with Crippen molar-refractivity contribution in [3.8, 4) is 0 Å². The molecule has 0 fully saturated rings. The number of carbonyl (C=O) groups excluding carboxylic acids is 1. The molecule has 0 aromatic heterocycles. The normalized spacial score (nSPS) is 10.2. The van der Waals surface area contributed by atoms with E-state index in [1.807, 2.05) is 25.1 Å². The Labute approximate surface area is 142 Å². The first-order chi connectivity index (χ1) is 10.9. The van der Waals surface area contributed by atoms with Crippen LogP contribution in [0, 0.1) is 24.0 Å². The Bertz CT molecular complexity index is 762. The van der Waals surface area contributed by atoms with Crippen LogP contribution in [-0.4, -0.2) is 17.4 Å². The topological polar surface area (TPSA) is 84.3 Å². The number of benzene rings is 2. The van der Waals surface area contributed by atoms with Crippen LogP contribution in [0.5, 0.6) is 0 Å². The first kappa shape index (κ1) is 17.0. The summed E-state index contributed by atoms with van der Waals surface area (Å²) in [6, 6.07) is 10.4. The Morgan fingerprint density at radius 2 is 1.96 bits per heavy atom. The van der Waals surface area contributed by atoms with Crippen LogP contribution < -0.4 is 10.6 Å². The summed E-state index contributed by atoms with van der Waals surface area (Å²) in [5.41, 5.74) is 2.85. The van der Waals surface area contributed by atoms with Crippen LogP contribution in [0.15, 0.2) is 40.9 Å². The Morgan fingerprint density at radius 1 is 1.22 bits per heavy atom. The first-order valence-corrected chi connectivity index (χ1v) is 7.71. The number of halogens is 1. The van der Waals surface area contributed by atoms with Gasteiger partial charge in [-0.1, -0.05) is 12.1 Å². The molecule has 2 aromatic carbocycles. The van der Waals surface area contributed by atoms with E-state index < -0.39 is 4.92 Å². The van der Waals surface area contributed by atoms with E-state index in [-0.39, 0.29) is 18.1 Å². The first-order valence-electron chi connectivity index (χ1n) is 6.92. The molecular formula is C16H16BrN3O3. The number of rotatable bonds is 5. The van der Waals surface area contributed by atoms with Gasteiger partial charge in [0.05, 0.1) is 11.5 Å². The fourth-order valence-electron chi connectivity index (χ4n) is 2.03. The number of anilines is 2. The molecule has 120 valence electrons. The van der Waals surface area contributed by atoms with E-state index in [0.717, 1.165) is 15.7 Å². The number of aryl methyl sites for hydroxylation is 2. The molecule has 2 N–H and O–H groups in total. The molecule has 0 aliphatic rings. The number of hydrogen-bond donors (Lipinski definition) is 2. The van der Waals surface area contributed by atoms with Crippen molar-refractivity contribution in [1.29, 1.82) is 0 Å². The molecule has 0 spiro atoms. The molecule has 0 aliphatic heterocycles. The predicted molar refractivity (Wildman–Crippen MR) is 93.8 cm³/mol. The summed E-state index contributed by atoms with van der Waals surface area (Å²) < 4.78 is 0.872. The second-order valence-electron chi connectivity index (χ2n) is 5.14. The summed E-state index contributed by atoms with van der Waals surface area (Å²) in [4.78, 5) is 22.4. The van der Waals surface area contributed by atoms with Crippen LogP contribution >= 0.6 is 15.9 Å². The third-order valence-electron chi connectivity index (χ3n) is 3.25. The minimum atomic E-state index is -0.466. The molecule has 0 saturated carbocycles. The van der Waals surface area contributed by atoms with Gasteiger partial charge in [-0.05, 0) is 53.5 Å². The smallest absolute Gasteiger partial charge is 0.274 e. The lowest BCUT2D eigenvalue weighted by Gasteiger charge is -2.10. The monoisotopic (exact) mass is 377 g/mol. The van der Waals surface area contributed by atoms with E-state index >= 15 is 0 Å². The number of amides is 1. The SMILES string of the molecule is Cc1ccc(NCC(=O)Nc2ccc(C)c([N+](=O)[O-])c2)c(Br)c1. The maximum Gasteiger partial charge on any atom is 0.274 e. The van der Waals surface area contributed by atoms with E-state index in [2.05, 4.69) is 26.6 Å². The molecule has 0 unspecified atom stereocenters. The minimum absolute atomic E-state index is 0.0166. The zero-order valence-electron chi connectivity index (χ0n) is 12.7. The fraction of sp³-hybridized carbons (Fsp3) is 0.188. The van der Waals surface area contributed by atoms with Crippen molar-refractivity contribution in [3.63, 3.8) is 0 Å². The number of hydrogen-bond acceptors (Lipinski definition) is 4. The molecule has 0 bridgehead atoms. The van der Waals surface area contributed by atoms with Crippen LogP contribution in [0.1, 0.15) is 11.1 Å². The molecule has 2 rings (SSSR count). The van der Waals surface area contributed by atoms with Crippen molar-refractivity contribution >= 4 is 38.9 Å². The summed E-state index contributed by atoms with van der Waals surface area (Å²) in [5, 5.41) is 16.6. The van der Waals surface area contributed by atoms with Gasteiger partial charge in [0.15, 0.2) is 0 Å². The summed E-state index contributed by atoms with van der Waals surface area (Å²) in [5.74, 6) is -0.282. The van der Waals surface area contributed by atoms with Crippen molar-refractivity contribution in [3.05, 3.63) is 62.1 Å². The lowest BCUT2D eigenvalue weighted by molar-refractivity contribution is -0.385. The van der Waals surface area contributed by atoms with Crippen LogP contribution in [0.2, 0.25) is 0 Å². The van der Waals surface area contributed by atoms with Gasteiger partial charge in [-0.3, -0.25) is 14.9 Å². The highest BCUT2D eigenvalue weighted by molar-refractivity contribution is 9.10. The van der Waals surface area contributed by atoms with E-state index in [1.54, 1.807) is 19.1 Å². The molecule has 7 heteroatoms. The third kappa shape index (κ3) is 4.53. The van der Waals surface area contributed by atoms with E-state index in [4.69, 9.17) is 0 Å². The Morgan fingerprint density at radius 3 is 2.61 bits per heavy atom. The van der Waals surface area contributed by atoms with Crippen molar-refractivity contribution in [1.82, 2.24) is 0 Å². The Balaban J connectivity index is 2.00. The predicted octanol–water partition coefficient (Wildman–Crippen LogP) is 4.02. The average molecular weight is 378 g/mol. The maximum absolute atomic E-state index is 12.0. The quantitative estimate of drug-likeness (QED) is 0.608. The van der Waals surface area contributed by atoms with Crippen molar-refractivity contribution < 1.29 is 9.72 Å². The molecule has 0 atom stereocenters. The summed E-state index contributed by atoms with van der Waals surface area (Å²) in [6.07, 6.45) is 0. The second kappa shape index (κ2) is 7.23. The number of nitrogens with zero attached hydrogens (tertiary/aromatic N) is 1. The van der Waals surface area contributed by atoms with Gasteiger partial charge < -0.3 is 10.6 Å². The van der Waals surface area contributed by atoms with Gasteiger partial charge in [0.2, 0.25) is 5.91 Å². The highest BCUT2D eigenvalue weighted by Gasteiger charge is 2.12. The molecule has 0 aliphatic carbocycles. The molecular weight excluding hydrogens is 362 g/mol. The van der Waals surface area contributed by atoms with Gasteiger partial charge in [-0.25, -0.2) is 0 Å².